The Hall–Kier alpha value is -1.07. The maximum Gasteiger partial charge on any atom is 0.251 e. The van der Waals surface area contributed by atoms with Crippen molar-refractivity contribution in [2.24, 2.45) is 11.7 Å². The van der Waals surface area contributed by atoms with Crippen molar-refractivity contribution in [3.05, 3.63) is 28.2 Å². The minimum atomic E-state index is -0.371. The Morgan fingerprint density at radius 1 is 1.45 bits per heavy atom. The van der Waals surface area contributed by atoms with Crippen molar-refractivity contribution in [3.63, 3.8) is 0 Å². The predicted octanol–water partition coefficient (Wildman–Crippen LogP) is 2.37. The quantitative estimate of drug-likeness (QED) is 0.865. The molecule has 0 bridgehead atoms. The number of hydrogen-bond donors (Lipinski definition) is 2. The lowest BCUT2D eigenvalue weighted by Gasteiger charge is -2.34. The molecule has 1 aliphatic rings. The molecule has 4 nitrogen and oxygen atoms in total. The standard InChI is InChI=1S/C15H22BrN3O/c1-18-8-5-11-6-9-19(10-7-11)13-4-2-3-12(16)14(13)15(17)20/h2-4,11,18H,5-10H2,1H3,(H2,17,20). The number of halogens is 1. The molecule has 0 spiro atoms. The minimum Gasteiger partial charge on any atom is -0.371 e. The summed E-state index contributed by atoms with van der Waals surface area (Å²) in [5.74, 6) is 0.410. The molecule has 0 aromatic heterocycles. The number of carbonyl (C=O) groups excluding carboxylic acids is 1. The van der Waals surface area contributed by atoms with Gasteiger partial charge in [0.2, 0.25) is 0 Å². The van der Waals surface area contributed by atoms with Gasteiger partial charge in [-0.1, -0.05) is 6.07 Å². The first-order valence-corrected chi connectivity index (χ1v) is 7.90. The first kappa shape index (κ1) is 15.3. The van der Waals surface area contributed by atoms with E-state index in [0.717, 1.165) is 35.7 Å². The topological polar surface area (TPSA) is 58.4 Å². The Morgan fingerprint density at radius 3 is 2.75 bits per heavy atom. The van der Waals surface area contributed by atoms with Crippen molar-refractivity contribution in [2.75, 3.05) is 31.6 Å². The van der Waals surface area contributed by atoms with E-state index in [1.54, 1.807) is 0 Å². The molecule has 110 valence electrons. The molecule has 1 heterocycles. The van der Waals surface area contributed by atoms with E-state index in [1.165, 1.54) is 19.3 Å². The molecule has 0 saturated carbocycles. The van der Waals surface area contributed by atoms with Crippen LogP contribution in [-0.2, 0) is 0 Å². The summed E-state index contributed by atoms with van der Waals surface area (Å²) in [6.45, 7) is 3.06. The normalized spacial score (nSPS) is 16.4. The third-order valence-electron chi connectivity index (χ3n) is 4.00. The van der Waals surface area contributed by atoms with Gasteiger partial charge in [0.1, 0.15) is 0 Å². The molecule has 0 radical (unpaired) electrons. The second-order valence-corrected chi connectivity index (χ2v) is 6.18. The SMILES string of the molecule is CNCCC1CCN(c2cccc(Br)c2C(N)=O)CC1. The van der Waals surface area contributed by atoms with Gasteiger partial charge < -0.3 is 16.0 Å². The summed E-state index contributed by atoms with van der Waals surface area (Å²) in [4.78, 5) is 13.9. The van der Waals surface area contributed by atoms with Crippen LogP contribution in [0.1, 0.15) is 29.6 Å². The fraction of sp³-hybridized carbons (Fsp3) is 0.533. The largest absolute Gasteiger partial charge is 0.371 e. The van der Waals surface area contributed by atoms with Crippen LogP contribution in [0, 0.1) is 5.92 Å². The van der Waals surface area contributed by atoms with Crippen molar-refractivity contribution in [1.82, 2.24) is 5.32 Å². The van der Waals surface area contributed by atoms with E-state index < -0.39 is 0 Å². The highest BCUT2D eigenvalue weighted by Gasteiger charge is 2.23. The lowest BCUT2D eigenvalue weighted by Crippen LogP contribution is -2.35. The van der Waals surface area contributed by atoms with E-state index in [2.05, 4.69) is 26.1 Å². The average molecular weight is 340 g/mol. The first-order valence-electron chi connectivity index (χ1n) is 7.11. The summed E-state index contributed by atoms with van der Waals surface area (Å²) in [5, 5.41) is 3.21. The maximum atomic E-state index is 11.6. The van der Waals surface area contributed by atoms with Crippen LogP contribution in [0.2, 0.25) is 0 Å². The highest BCUT2D eigenvalue weighted by molar-refractivity contribution is 9.10. The molecule has 0 unspecified atom stereocenters. The second kappa shape index (κ2) is 7.09. The monoisotopic (exact) mass is 339 g/mol. The summed E-state index contributed by atoms with van der Waals surface area (Å²) in [6, 6.07) is 5.81. The van der Waals surface area contributed by atoms with Gasteiger partial charge in [-0.3, -0.25) is 4.79 Å². The van der Waals surface area contributed by atoms with Crippen LogP contribution in [-0.4, -0.2) is 32.6 Å². The van der Waals surface area contributed by atoms with Crippen LogP contribution in [0.15, 0.2) is 22.7 Å². The van der Waals surface area contributed by atoms with Crippen molar-refractivity contribution in [1.29, 1.82) is 0 Å². The Kier molecular flexibility index (Phi) is 5.43. The minimum absolute atomic E-state index is 0.371. The number of nitrogens with one attached hydrogen (secondary N) is 1. The van der Waals surface area contributed by atoms with E-state index in [9.17, 15) is 4.79 Å². The van der Waals surface area contributed by atoms with Gasteiger partial charge in [0.25, 0.3) is 5.91 Å². The van der Waals surface area contributed by atoms with Crippen LogP contribution < -0.4 is 16.0 Å². The van der Waals surface area contributed by atoms with Crippen LogP contribution in [0.5, 0.6) is 0 Å². The summed E-state index contributed by atoms with van der Waals surface area (Å²) in [7, 11) is 2.00. The molecule has 1 saturated heterocycles. The highest BCUT2D eigenvalue weighted by atomic mass is 79.9. The highest BCUT2D eigenvalue weighted by Crippen LogP contribution is 2.31. The zero-order chi connectivity index (χ0) is 14.5. The van der Waals surface area contributed by atoms with Crippen LogP contribution >= 0.6 is 15.9 Å². The molecule has 1 amide bonds. The van der Waals surface area contributed by atoms with Gasteiger partial charge in [-0.15, -0.1) is 0 Å². The van der Waals surface area contributed by atoms with Crippen LogP contribution in [0.3, 0.4) is 0 Å². The Labute approximate surface area is 128 Å². The summed E-state index contributed by atoms with van der Waals surface area (Å²) in [5.41, 5.74) is 7.07. The number of anilines is 1. The van der Waals surface area contributed by atoms with E-state index in [-0.39, 0.29) is 5.91 Å². The van der Waals surface area contributed by atoms with E-state index >= 15 is 0 Å². The Morgan fingerprint density at radius 2 is 2.15 bits per heavy atom. The fourth-order valence-corrected chi connectivity index (χ4v) is 3.38. The van der Waals surface area contributed by atoms with Gasteiger partial charge in [-0.05, 0) is 66.8 Å². The van der Waals surface area contributed by atoms with Gasteiger partial charge in [-0.25, -0.2) is 0 Å². The number of piperidine rings is 1. The Bertz CT molecular complexity index is 470. The molecule has 0 aliphatic carbocycles. The predicted molar refractivity (Wildman–Crippen MR) is 86.1 cm³/mol. The second-order valence-electron chi connectivity index (χ2n) is 5.32. The number of nitrogens with zero attached hydrogens (tertiary/aromatic N) is 1. The van der Waals surface area contributed by atoms with Crippen molar-refractivity contribution < 1.29 is 4.79 Å². The van der Waals surface area contributed by atoms with Crippen LogP contribution in [0.25, 0.3) is 0 Å². The zero-order valence-electron chi connectivity index (χ0n) is 11.9. The zero-order valence-corrected chi connectivity index (χ0v) is 13.4. The molecule has 1 fully saturated rings. The number of amides is 1. The average Bonchev–Trinajstić information content (AvgIpc) is 2.45. The number of rotatable bonds is 5. The fourth-order valence-electron chi connectivity index (χ4n) is 2.83. The molecule has 20 heavy (non-hydrogen) atoms. The summed E-state index contributed by atoms with van der Waals surface area (Å²) >= 11 is 3.42. The molecular formula is C15H22BrN3O. The molecule has 0 atom stereocenters. The lowest BCUT2D eigenvalue weighted by atomic mass is 9.93. The number of benzene rings is 1. The lowest BCUT2D eigenvalue weighted by molar-refractivity contribution is 0.1000. The third-order valence-corrected chi connectivity index (χ3v) is 4.66. The smallest absolute Gasteiger partial charge is 0.251 e. The van der Waals surface area contributed by atoms with Crippen molar-refractivity contribution >= 4 is 27.5 Å². The van der Waals surface area contributed by atoms with E-state index in [1.807, 2.05) is 25.2 Å². The van der Waals surface area contributed by atoms with Gasteiger partial charge in [0, 0.05) is 17.6 Å². The van der Waals surface area contributed by atoms with Crippen LogP contribution in [0.4, 0.5) is 5.69 Å². The third kappa shape index (κ3) is 3.52. The molecule has 5 heteroatoms. The Balaban J connectivity index is 2.07. The van der Waals surface area contributed by atoms with Gasteiger partial charge in [-0.2, -0.15) is 0 Å². The van der Waals surface area contributed by atoms with E-state index in [0.29, 0.717) is 5.56 Å². The number of hydrogen-bond acceptors (Lipinski definition) is 3. The van der Waals surface area contributed by atoms with E-state index in [4.69, 9.17) is 5.73 Å². The number of carbonyl (C=O) groups is 1. The molecule has 3 N–H and O–H groups in total. The van der Waals surface area contributed by atoms with Crippen molar-refractivity contribution in [3.8, 4) is 0 Å². The van der Waals surface area contributed by atoms with Gasteiger partial charge in [0.05, 0.1) is 11.3 Å². The molecule has 1 aromatic carbocycles. The number of primary amides is 1. The first-order chi connectivity index (χ1) is 9.63. The molecule has 1 aliphatic heterocycles. The molecule has 1 aromatic rings. The summed E-state index contributed by atoms with van der Waals surface area (Å²) in [6.07, 6.45) is 3.57. The van der Waals surface area contributed by atoms with Gasteiger partial charge >= 0.3 is 0 Å². The molecule has 2 rings (SSSR count). The summed E-state index contributed by atoms with van der Waals surface area (Å²) < 4.78 is 0.778. The molecular weight excluding hydrogens is 318 g/mol. The van der Waals surface area contributed by atoms with Gasteiger partial charge in [0.15, 0.2) is 0 Å². The number of nitrogens with two attached hydrogens (primary N) is 1. The van der Waals surface area contributed by atoms with Crippen molar-refractivity contribution in [2.45, 2.75) is 19.3 Å². The maximum absolute atomic E-state index is 11.6.